The number of hydrogen-bond donors (Lipinski definition) is 0. The zero-order chi connectivity index (χ0) is 19.6. The fourth-order valence-corrected chi connectivity index (χ4v) is 2.71. The van der Waals surface area contributed by atoms with Crippen molar-refractivity contribution in [2.45, 2.75) is 63.3 Å². The van der Waals surface area contributed by atoms with Gasteiger partial charge in [-0.05, 0) is 12.8 Å². The minimum absolute atomic E-state index is 0.318. The van der Waals surface area contributed by atoms with E-state index < -0.39 is 23.9 Å². The maximum atomic E-state index is 13.8. The summed E-state index contributed by atoms with van der Waals surface area (Å²) in [4.78, 5) is 12.5. The van der Waals surface area contributed by atoms with Crippen molar-refractivity contribution in [2.24, 2.45) is 0 Å². The SMILES string of the molecule is C#C[C@H](CCCCCCC)OC(=O)[C@@](OC)(c1ccccc1)C(F)(F)F. The summed E-state index contributed by atoms with van der Waals surface area (Å²) < 4.78 is 51.0. The van der Waals surface area contributed by atoms with Crippen molar-refractivity contribution in [1.29, 1.82) is 0 Å². The molecular formula is C20H25F3O3. The van der Waals surface area contributed by atoms with Crippen LogP contribution in [0.1, 0.15) is 51.0 Å². The summed E-state index contributed by atoms with van der Waals surface area (Å²) in [7, 11) is 0.831. The highest BCUT2D eigenvalue weighted by Crippen LogP contribution is 2.43. The van der Waals surface area contributed by atoms with Crippen LogP contribution in [-0.2, 0) is 19.9 Å². The van der Waals surface area contributed by atoms with E-state index >= 15 is 0 Å². The van der Waals surface area contributed by atoms with Crippen molar-refractivity contribution >= 4 is 5.97 Å². The Morgan fingerprint density at radius 2 is 1.77 bits per heavy atom. The zero-order valence-corrected chi connectivity index (χ0v) is 15.1. The third-order valence-corrected chi connectivity index (χ3v) is 4.18. The van der Waals surface area contributed by atoms with Crippen LogP contribution in [-0.4, -0.2) is 25.4 Å². The van der Waals surface area contributed by atoms with Crippen LogP contribution < -0.4 is 0 Å². The Kier molecular flexibility index (Phi) is 8.67. The minimum Gasteiger partial charge on any atom is -0.447 e. The number of methoxy groups -OCH3 is 1. The first-order chi connectivity index (χ1) is 12.3. The molecule has 0 amide bonds. The monoisotopic (exact) mass is 370 g/mol. The highest BCUT2D eigenvalue weighted by Gasteiger charge is 2.64. The Labute approximate surface area is 152 Å². The number of unbranched alkanes of at least 4 members (excludes halogenated alkanes) is 4. The van der Waals surface area contributed by atoms with Gasteiger partial charge in [0.05, 0.1) is 0 Å². The van der Waals surface area contributed by atoms with Crippen LogP contribution in [0.25, 0.3) is 0 Å². The zero-order valence-electron chi connectivity index (χ0n) is 15.1. The van der Waals surface area contributed by atoms with Crippen LogP contribution in [0.4, 0.5) is 13.2 Å². The molecule has 6 heteroatoms. The van der Waals surface area contributed by atoms with Crippen LogP contribution >= 0.6 is 0 Å². The van der Waals surface area contributed by atoms with E-state index in [-0.39, 0.29) is 5.56 Å². The lowest BCUT2D eigenvalue weighted by atomic mass is 9.92. The Morgan fingerprint density at radius 1 is 1.15 bits per heavy atom. The minimum atomic E-state index is -5.00. The molecule has 0 N–H and O–H groups in total. The molecule has 0 spiro atoms. The van der Waals surface area contributed by atoms with E-state index in [1.165, 1.54) is 24.3 Å². The molecule has 0 bridgehead atoms. The van der Waals surface area contributed by atoms with E-state index in [0.29, 0.717) is 12.8 Å². The van der Waals surface area contributed by atoms with E-state index in [2.05, 4.69) is 17.6 Å². The number of hydrogen-bond acceptors (Lipinski definition) is 3. The molecule has 0 unspecified atom stereocenters. The molecule has 0 saturated heterocycles. The number of benzene rings is 1. The molecule has 144 valence electrons. The molecule has 26 heavy (non-hydrogen) atoms. The number of ether oxygens (including phenoxy) is 2. The second-order valence-electron chi connectivity index (χ2n) is 6.01. The third kappa shape index (κ3) is 5.25. The maximum absolute atomic E-state index is 13.8. The van der Waals surface area contributed by atoms with Gasteiger partial charge in [-0.1, -0.05) is 68.9 Å². The summed E-state index contributed by atoms with van der Waals surface area (Å²) in [6.07, 6.45) is 4.37. The Morgan fingerprint density at radius 3 is 2.27 bits per heavy atom. The number of alkyl halides is 3. The Bertz CT molecular complexity index is 593. The summed E-state index contributed by atoms with van der Waals surface area (Å²) >= 11 is 0. The topological polar surface area (TPSA) is 35.5 Å². The van der Waals surface area contributed by atoms with Gasteiger partial charge in [-0.15, -0.1) is 6.42 Å². The van der Waals surface area contributed by atoms with Gasteiger partial charge in [0.15, 0.2) is 6.10 Å². The molecule has 0 fully saturated rings. The summed E-state index contributed by atoms with van der Waals surface area (Å²) in [5.74, 6) is 0.711. The predicted molar refractivity (Wildman–Crippen MR) is 93.3 cm³/mol. The second kappa shape index (κ2) is 10.2. The standard InChI is InChI=1S/C20H25F3O3/c1-4-6-7-8-12-15-17(5-2)26-18(24)19(25-3,20(21,22)23)16-13-10-9-11-14-16/h2,9-11,13-14,17H,4,6-8,12,15H2,1,3H3/t17-,19+/m1/s1. The number of carbonyl (C=O) groups excluding carboxylic acids is 1. The van der Waals surface area contributed by atoms with Gasteiger partial charge in [0, 0.05) is 12.7 Å². The fraction of sp³-hybridized carbons (Fsp3) is 0.550. The number of esters is 1. The fourth-order valence-electron chi connectivity index (χ4n) is 2.71. The number of halogens is 3. The van der Waals surface area contributed by atoms with Crippen LogP contribution in [0.2, 0.25) is 0 Å². The van der Waals surface area contributed by atoms with Gasteiger partial charge in [0.25, 0.3) is 5.60 Å². The van der Waals surface area contributed by atoms with Crippen molar-refractivity contribution in [3.05, 3.63) is 35.9 Å². The number of terminal acetylenes is 1. The molecule has 1 aromatic rings. The highest BCUT2D eigenvalue weighted by molar-refractivity contribution is 5.83. The third-order valence-electron chi connectivity index (χ3n) is 4.18. The molecule has 0 radical (unpaired) electrons. The van der Waals surface area contributed by atoms with E-state index in [4.69, 9.17) is 11.2 Å². The van der Waals surface area contributed by atoms with Gasteiger partial charge in [0.1, 0.15) is 0 Å². The van der Waals surface area contributed by atoms with Gasteiger partial charge in [-0.2, -0.15) is 13.2 Å². The average molecular weight is 370 g/mol. The van der Waals surface area contributed by atoms with Gasteiger partial charge in [-0.25, -0.2) is 4.79 Å². The van der Waals surface area contributed by atoms with E-state index in [0.717, 1.165) is 32.8 Å². The molecule has 0 heterocycles. The van der Waals surface area contributed by atoms with E-state index in [1.807, 2.05) is 0 Å². The molecule has 1 aromatic carbocycles. The lowest BCUT2D eigenvalue weighted by Gasteiger charge is -2.33. The van der Waals surface area contributed by atoms with Gasteiger partial charge in [-0.3, -0.25) is 0 Å². The van der Waals surface area contributed by atoms with E-state index in [1.54, 1.807) is 6.07 Å². The van der Waals surface area contributed by atoms with E-state index in [9.17, 15) is 18.0 Å². The van der Waals surface area contributed by atoms with Crippen molar-refractivity contribution < 1.29 is 27.4 Å². The summed E-state index contributed by atoms with van der Waals surface area (Å²) in [6, 6.07) is 6.69. The maximum Gasteiger partial charge on any atom is 0.432 e. The molecule has 2 atom stereocenters. The molecule has 1 rings (SSSR count). The lowest BCUT2D eigenvalue weighted by Crippen LogP contribution is -2.52. The van der Waals surface area contributed by atoms with Crippen LogP contribution in [0.15, 0.2) is 30.3 Å². The molecule has 0 aliphatic heterocycles. The van der Waals surface area contributed by atoms with Gasteiger partial charge in [0.2, 0.25) is 0 Å². The number of rotatable bonds is 10. The first-order valence-corrected chi connectivity index (χ1v) is 8.68. The largest absolute Gasteiger partial charge is 0.447 e. The average Bonchev–Trinajstić information content (AvgIpc) is 2.61. The lowest BCUT2D eigenvalue weighted by molar-refractivity contribution is -0.277. The molecule has 0 aliphatic rings. The second-order valence-corrected chi connectivity index (χ2v) is 6.01. The first kappa shape index (κ1) is 22.0. The van der Waals surface area contributed by atoms with Crippen LogP contribution in [0, 0.1) is 12.3 Å². The predicted octanol–water partition coefficient (Wildman–Crippen LogP) is 5.00. The smallest absolute Gasteiger partial charge is 0.432 e. The molecule has 3 nitrogen and oxygen atoms in total. The normalized spacial score (nSPS) is 14.9. The molecule has 0 aliphatic carbocycles. The summed E-state index contributed by atoms with van der Waals surface area (Å²) in [6.45, 7) is 2.08. The summed E-state index contributed by atoms with van der Waals surface area (Å²) in [5, 5.41) is 0. The van der Waals surface area contributed by atoms with Gasteiger partial charge >= 0.3 is 12.1 Å². The first-order valence-electron chi connectivity index (χ1n) is 8.68. The number of carbonyl (C=O) groups is 1. The molecule has 0 saturated carbocycles. The Balaban J connectivity index is 2.94. The summed E-state index contributed by atoms with van der Waals surface area (Å²) in [5.41, 5.74) is -3.55. The van der Waals surface area contributed by atoms with Crippen molar-refractivity contribution in [3.63, 3.8) is 0 Å². The van der Waals surface area contributed by atoms with Crippen molar-refractivity contribution in [1.82, 2.24) is 0 Å². The quantitative estimate of drug-likeness (QED) is 0.330. The molecule has 0 aromatic heterocycles. The van der Waals surface area contributed by atoms with Crippen molar-refractivity contribution in [2.75, 3.05) is 7.11 Å². The van der Waals surface area contributed by atoms with Gasteiger partial charge < -0.3 is 9.47 Å². The Hall–Kier alpha value is -2.00. The van der Waals surface area contributed by atoms with Crippen molar-refractivity contribution in [3.8, 4) is 12.3 Å². The van der Waals surface area contributed by atoms with Crippen LogP contribution in [0.5, 0.6) is 0 Å². The highest BCUT2D eigenvalue weighted by atomic mass is 19.4. The van der Waals surface area contributed by atoms with Crippen LogP contribution in [0.3, 0.4) is 0 Å². The molecular weight excluding hydrogens is 345 g/mol.